The van der Waals surface area contributed by atoms with Crippen LogP contribution in [0.5, 0.6) is 11.5 Å². The van der Waals surface area contributed by atoms with Gasteiger partial charge in [-0.25, -0.2) is 9.59 Å². The average Bonchev–Trinajstić information content (AvgIpc) is 2.45. The molecule has 6 nitrogen and oxygen atoms in total. The molecule has 1 aromatic carbocycles. The molecule has 0 saturated carbocycles. The van der Waals surface area contributed by atoms with Gasteiger partial charge in [0.15, 0.2) is 17.6 Å². The first kappa shape index (κ1) is 16.6. The summed E-state index contributed by atoms with van der Waals surface area (Å²) in [6, 6.07) is 4.91. The quantitative estimate of drug-likeness (QED) is 0.612. The van der Waals surface area contributed by atoms with Crippen molar-refractivity contribution in [1.82, 2.24) is 0 Å². The Morgan fingerprint density at radius 2 is 2.05 bits per heavy atom. The molecule has 1 unspecified atom stereocenters. The lowest BCUT2D eigenvalue weighted by atomic mass is 10.2. The number of benzene rings is 1. The number of carbonyl (C=O) groups is 2. The van der Waals surface area contributed by atoms with Gasteiger partial charge >= 0.3 is 11.9 Å². The fourth-order valence-electron chi connectivity index (χ4n) is 1.55. The van der Waals surface area contributed by atoms with Crippen LogP contribution in [0.4, 0.5) is 0 Å². The highest BCUT2D eigenvalue weighted by Crippen LogP contribution is 2.29. The van der Waals surface area contributed by atoms with Crippen LogP contribution in [0.25, 0.3) is 6.08 Å². The smallest absolute Gasteiger partial charge is 0.347 e. The van der Waals surface area contributed by atoms with Crippen molar-refractivity contribution in [2.75, 3.05) is 13.7 Å². The van der Waals surface area contributed by atoms with Crippen LogP contribution in [0.2, 0.25) is 0 Å². The Labute approximate surface area is 122 Å². The largest absolute Gasteiger partial charge is 0.493 e. The first-order chi connectivity index (χ1) is 9.97. The second-order valence-corrected chi connectivity index (χ2v) is 4.09. The molecule has 0 aliphatic carbocycles. The van der Waals surface area contributed by atoms with Crippen molar-refractivity contribution in [3.8, 4) is 11.5 Å². The van der Waals surface area contributed by atoms with Crippen LogP contribution < -0.4 is 9.47 Å². The molecule has 0 aromatic heterocycles. The second-order valence-electron chi connectivity index (χ2n) is 4.09. The van der Waals surface area contributed by atoms with Crippen molar-refractivity contribution >= 4 is 18.0 Å². The monoisotopic (exact) mass is 294 g/mol. The summed E-state index contributed by atoms with van der Waals surface area (Å²) in [7, 11) is 1.48. The molecule has 21 heavy (non-hydrogen) atoms. The summed E-state index contributed by atoms with van der Waals surface area (Å²) in [5.41, 5.74) is 0.615. The third-order valence-corrected chi connectivity index (χ3v) is 2.53. The van der Waals surface area contributed by atoms with E-state index in [-0.39, 0.29) is 6.61 Å². The van der Waals surface area contributed by atoms with E-state index in [1.165, 1.54) is 13.2 Å². The van der Waals surface area contributed by atoms with Gasteiger partial charge in [-0.1, -0.05) is 6.07 Å². The molecule has 0 fully saturated rings. The van der Waals surface area contributed by atoms with Crippen molar-refractivity contribution in [1.29, 1.82) is 0 Å². The lowest BCUT2D eigenvalue weighted by Gasteiger charge is -2.16. The van der Waals surface area contributed by atoms with Gasteiger partial charge in [-0.15, -0.1) is 0 Å². The molecule has 0 aliphatic heterocycles. The molecule has 1 aromatic rings. The molecule has 0 aliphatic rings. The molecule has 0 spiro atoms. The molecule has 0 saturated heterocycles. The van der Waals surface area contributed by atoms with Gasteiger partial charge in [-0.2, -0.15) is 0 Å². The van der Waals surface area contributed by atoms with E-state index in [9.17, 15) is 9.59 Å². The number of carboxylic acids is 1. The Morgan fingerprint density at radius 1 is 1.33 bits per heavy atom. The van der Waals surface area contributed by atoms with Gasteiger partial charge < -0.3 is 19.3 Å². The standard InChI is InChI=1S/C15H18O6/c1-4-20-15(18)10(2)21-13-9-11(6-8-14(16)17)5-7-12(13)19-3/h5-10H,4H2,1-3H3,(H,16,17). The van der Waals surface area contributed by atoms with E-state index in [1.807, 2.05) is 0 Å². The number of hydrogen-bond donors (Lipinski definition) is 1. The normalized spacial score (nSPS) is 12.0. The van der Waals surface area contributed by atoms with E-state index in [4.69, 9.17) is 19.3 Å². The van der Waals surface area contributed by atoms with E-state index in [0.717, 1.165) is 6.08 Å². The summed E-state index contributed by atoms with van der Waals surface area (Å²) in [6.45, 7) is 3.55. The molecule has 1 rings (SSSR count). The molecule has 0 amide bonds. The summed E-state index contributed by atoms with van der Waals surface area (Å²) >= 11 is 0. The highest BCUT2D eigenvalue weighted by molar-refractivity contribution is 5.85. The molecule has 6 heteroatoms. The third-order valence-electron chi connectivity index (χ3n) is 2.53. The van der Waals surface area contributed by atoms with Gasteiger partial charge in [0.1, 0.15) is 0 Å². The molecule has 0 heterocycles. The summed E-state index contributed by atoms with van der Waals surface area (Å²) in [5.74, 6) is -0.747. The molecule has 114 valence electrons. The van der Waals surface area contributed by atoms with Crippen LogP contribution in [0.3, 0.4) is 0 Å². The Kier molecular flexibility index (Phi) is 6.26. The van der Waals surface area contributed by atoms with Crippen LogP contribution >= 0.6 is 0 Å². The maximum absolute atomic E-state index is 11.6. The number of aliphatic carboxylic acids is 1. The Hall–Kier alpha value is -2.50. The number of carboxylic acid groups (broad SMARTS) is 1. The predicted octanol–water partition coefficient (Wildman–Crippen LogP) is 2.12. The van der Waals surface area contributed by atoms with Crippen molar-refractivity contribution in [2.45, 2.75) is 20.0 Å². The summed E-state index contributed by atoms with van der Waals surface area (Å²) in [4.78, 5) is 22.1. The number of methoxy groups -OCH3 is 1. The van der Waals surface area contributed by atoms with Crippen molar-refractivity contribution in [2.24, 2.45) is 0 Å². The number of ether oxygens (including phenoxy) is 3. The molecular formula is C15H18O6. The average molecular weight is 294 g/mol. The molecule has 0 radical (unpaired) electrons. The van der Waals surface area contributed by atoms with Gasteiger partial charge in [-0.05, 0) is 37.6 Å². The number of hydrogen-bond acceptors (Lipinski definition) is 5. The highest BCUT2D eigenvalue weighted by Gasteiger charge is 2.18. The van der Waals surface area contributed by atoms with Gasteiger partial charge in [0.2, 0.25) is 0 Å². The van der Waals surface area contributed by atoms with Crippen LogP contribution in [-0.4, -0.2) is 36.9 Å². The van der Waals surface area contributed by atoms with Gasteiger partial charge in [0, 0.05) is 6.08 Å². The zero-order valence-corrected chi connectivity index (χ0v) is 12.2. The van der Waals surface area contributed by atoms with Crippen molar-refractivity contribution in [3.63, 3.8) is 0 Å². The number of carbonyl (C=O) groups excluding carboxylic acids is 1. The maximum atomic E-state index is 11.6. The summed E-state index contributed by atoms with van der Waals surface area (Å²) < 4.78 is 15.5. The number of rotatable bonds is 7. The lowest BCUT2D eigenvalue weighted by Crippen LogP contribution is -2.26. The fourth-order valence-corrected chi connectivity index (χ4v) is 1.55. The van der Waals surface area contributed by atoms with E-state index >= 15 is 0 Å². The summed E-state index contributed by atoms with van der Waals surface area (Å²) in [5, 5.41) is 8.62. The van der Waals surface area contributed by atoms with Gasteiger partial charge in [-0.3, -0.25) is 0 Å². The highest BCUT2D eigenvalue weighted by atomic mass is 16.6. The van der Waals surface area contributed by atoms with E-state index < -0.39 is 18.0 Å². The molecule has 1 N–H and O–H groups in total. The van der Waals surface area contributed by atoms with Gasteiger partial charge in [0.25, 0.3) is 0 Å². The zero-order valence-electron chi connectivity index (χ0n) is 12.2. The first-order valence-electron chi connectivity index (χ1n) is 6.40. The lowest BCUT2D eigenvalue weighted by molar-refractivity contribution is -0.150. The minimum Gasteiger partial charge on any atom is -0.493 e. The number of esters is 1. The molecular weight excluding hydrogens is 276 g/mol. The van der Waals surface area contributed by atoms with Crippen LogP contribution in [-0.2, 0) is 14.3 Å². The molecule has 1 atom stereocenters. The van der Waals surface area contributed by atoms with Gasteiger partial charge in [0.05, 0.1) is 13.7 Å². The van der Waals surface area contributed by atoms with E-state index in [2.05, 4.69) is 0 Å². The SMILES string of the molecule is CCOC(=O)C(C)Oc1cc(C=CC(=O)O)ccc1OC. The second kappa shape index (κ2) is 7.94. The zero-order chi connectivity index (χ0) is 15.8. The Balaban J connectivity index is 2.95. The molecule has 0 bridgehead atoms. The summed E-state index contributed by atoms with van der Waals surface area (Å²) in [6.07, 6.45) is 1.64. The van der Waals surface area contributed by atoms with Crippen LogP contribution in [0.15, 0.2) is 24.3 Å². The minimum absolute atomic E-state index is 0.269. The van der Waals surface area contributed by atoms with E-state index in [0.29, 0.717) is 17.1 Å². The van der Waals surface area contributed by atoms with Crippen LogP contribution in [0.1, 0.15) is 19.4 Å². The fraction of sp³-hybridized carbons (Fsp3) is 0.333. The minimum atomic E-state index is -1.05. The van der Waals surface area contributed by atoms with Crippen LogP contribution in [0, 0.1) is 0 Å². The Bertz CT molecular complexity index is 535. The predicted molar refractivity (Wildman–Crippen MR) is 76.4 cm³/mol. The third kappa shape index (κ3) is 5.18. The first-order valence-corrected chi connectivity index (χ1v) is 6.40. The van der Waals surface area contributed by atoms with E-state index in [1.54, 1.807) is 32.0 Å². The van der Waals surface area contributed by atoms with Crippen molar-refractivity contribution < 1.29 is 28.9 Å². The Morgan fingerprint density at radius 3 is 2.62 bits per heavy atom. The topological polar surface area (TPSA) is 82.1 Å². The maximum Gasteiger partial charge on any atom is 0.347 e. The van der Waals surface area contributed by atoms with Crippen molar-refractivity contribution in [3.05, 3.63) is 29.8 Å².